The Kier molecular flexibility index (Phi) is 5.35. The highest BCUT2D eigenvalue weighted by Gasteiger charge is 2.20. The first-order valence-electron chi connectivity index (χ1n) is 4.90. The topological polar surface area (TPSA) is 74.1 Å². The molecule has 0 aromatic carbocycles. The van der Waals surface area contributed by atoms with E-state index in [1.54, 1.807) is 24.5 Å². The fourth-order valence-electron chi connectivity index (χ4n) is 1.26. The maximum absolute atomic E-state index is 11.7. The van der Waals surface area contributed by atoms with E-state index in [-0.39, 0.29) is 19.5 Å². The SMILES string of the molecule is N#CCCN(Cc1cccnc1)S(=O)(=O)CCl. The van der Waals surface area contributed by atoms with Gasteiger partial charge in [-0.25, -0.2) is 8.42 Å². The maximum atomic E-state index is 11.7. The van der Waals surface area contributed by atoms with Crippen molar-refractivity contribution in [3.63, 3.8) is 0 Å². The lowest BCUT2D eigenvalue weighted by Gasteiger charge is -2.19. The second kappa shape index (κ2) is 6.55. The highest BCUT2D eigenvalue weighted by atomic mass is 35.5. The molecule has 7 heteroatoms. The lowest BCUT2D eigenvalue weighted by atomic mass is 10.3. The van der Waals surface area contributed by atoms with Crippen LogP contribution in [0.3, 0.4) is 0 Å². The first-order chi connectivity index (χ1) is 8.10. The summed E-state index contributed by atoms with van der Waals surface area (Å²) in [4.78, 5) is 3.91. The second-order valence-electron chi connectivity index (χ2n) is 3.32. The van der Waals surface area contributed by atoms with E-state index >= 15 is 0 Å². The molecule has 0 N–H and O–H groups in total. The Morgan fingerprint density at radius 3 is 2.82 bits per heavy atom. The Bertz CT molecular complexity index is 484. The van der Waals surface area contributed by atoms with Gasteiger partial charge in [-0.1, -0.05) is 6.07 Å². The van der Waals surface area contributed by atoms with E-state index in [0.717, 1.165) is 5.56 Å². The first kappa shape index (κ1) is 13.9. The van der Waals surface area contributed by atoms with Crippen LogP contribution in [0.2, 0.25) is 0 Å². The fraction of sp³-hybridized carbons (Fsp3) is 0.400. The van der Waals surface area contributed by atoms with Crippen molar-refractivity contribution in [1.29, 1.82) is 5.26 Å². The molecule has 0 atom stereocenters. The fourth-order valence-corrected chi connectivity index (χ4v) is 2.52. The molecule has 0 aliphatic carbocycles. The molecule has 1 heterocycles. The van der Waals surface area contributed by atoms with Gasteiger partial charge in [-0.3, -0.25) is 4.98 Å². The predicted molar refractivity (Wildman–Crippen MR) is 64.5 cm³/mol. The van der Waals surface area contributed by atoms with E-state index in [1.807, 2.05) is 6.07 Å². The highest BCUT2D eigenvalue weighted by Crippen LogP contribution is 2.10. The van der Waals surface area contributed by atoms with Crippen LogP contribution in [0.5, 0.6) is 0 Å². The van der Waals surface area contributed by atoms with Crippen molar-refractivity contribution in [1.82, 2.24) is 9.29 Å². The van der Waals surface area contributed by atoms with Gasteiger partial charge in [0.2, 0.25) is 10.0 Å². The van der Waals surface area contributed by atoms with Crippen LogP contribution in [-0.4, -0.2) is 29.5 Å². The number of hydrogen-bond donors (Lipinski definition) is 0. The van der Waals surface area contributed by atoms with E-state index in [1.165, 1.54) is 4.31 Å². The molecule has 0 aliphatic heterocycles. The molecule has 1 rings (SSSR count). The van der Waals surface area contributed by atoms with Gasteiger partial charge in [0, 0.05) is 31.9 Å². The average Bonchev–Trinajstić information content (AvgIpc) is 2.35. The van der Waals surface area contributed by atoms with Crippen molar-refractivity contribution in [3.8, 4) is 6.07 Å². The first-order valence-corrected chi connectivity index (χ1v) is 7.04. The quantitative estimate of drug-likeness (QED) is 0.733. The third-order valence-electron chi connectivity index (χ3n) is 2.09. The van der Waals surface area contributed by atoms with Gasteiger partial charge in [-0.05, 0) is 11.6 Å². The summed E-state index contributed by atoms with van der Waals surface area (Å²) in [6.45, 7) is 0.324. The van der Waals surface area contributed by atoms with E-state index in [0.29, 0.717) is 0 Å². The van der Waals surface area contributed by atoms with Crippen LogP contribution in [0.1, 0.15) is 12.0 Å². The molecule has 17 heavy (non-hydrogen) atoms. The molecular formula is C10H12ClN3O2S. The van der Waals surface area contributed by atoms with Gasteiger partial charge in [-0.2, -0.15) is 9.57 Å². The minimum atomic E-state index is -3.51. The van der Waals surface area contributed by atoms with Gasteiger partial charge in [0.15, 0.2) is 0 Å². The van der Waals surface area contributed by atoms with Crippen LogP contribution >= 0.6 is 11.6 Å². The third kappa shape index (κ3) is 4.30. The van der Waals surface area contributed by atoms with Crippen molar-refractivity contribution in [3.05, 3.63) is 30.1 Å². The van der Waals surface area contributed by atoms with Gasteiger partial charge in [-0.15, -0.1) is 11.6 Å². The van der Waals surface area contributed by atoms with Crippen LogP contribution in [0.4, 0.5) is 0 Å². The number of nitrogens with zero attached hydrogens (tertiary/aromatic N) is 3. The van der Waals surface area contributed by atoms with Crippen molar-refractivity contribution in [2.45, 2.75) is 13.0 Å². The average molecular weight is 274 g/mol. The van der Waals surface area contributed by atoms with E-state index in [9.17, 15) is 8.42 Å². The molecular weight excluding hydrogens is 262 g/mol. The summed E-state index contributed by atoms with van der Waals surface area (Å²) in [5.41, 5.74) is 0.763. The van der Waals surface area contributed by atoms with E-state index in [4.69, 9.17) is 16.9 Å². The number of rotatable bonds is 6. The Hall–Kier alpha value is -1.16. The van der Waals surface area contributed by atoms with Gasteiger partial charge < -0.3 is 0 Å². The summed E-state index contributed by atoms with van der Waals surface area (Å²) in [7, 11) is -3.51. The Balaban J connectivity index is 2.82. The number of sulfonamides is 1. The summed E-state index contributed by atoms with van der Waals surface area (Å²) in [6.07, 6.45) is 3.33. The number of pyridine rings is 1. The molecule has 0 unspecified atom stereocenters. The number of hydrogen-bond acceptors (Lipinski definition) is 4. The zero-order chi connectivity index (χ0) is 12.7. The molecule has 0 fully saturated rings. The summed E-state index contributed by atoms with van der Waals surface area (Å²) < 4.78 is 24.5. The van der Waals surface area contributed by atoms with Crippen molar-refractivity contribution in [2.24, 2.45) is 0 Å². The summed E-state index contributed by atoms with van der Waals surface area (Å²) in [5, 5.41) is 8.02. The smallest absolute Gasteiger partial charge is 0.228 e. The predicted octanol–water partition coefficient (Wildman–Crippen LogP) is 1.32. The number of nitriles is 1. The molecule has 0 spiro atoms. The molecule has 1 aromatic rings. The van der Waals surface area contributed by atoms with Crippen molar-refractivity contribution < 1.29 is 8.42 Å². The lowest BCUT2D eigenvalue weighted by molar-refractivity contribution is 0.416. The zero-order valence-electron chi connectivity index (χ0n) is 9.08. The summed E-state index contributed by atoms with van der Waals surface area (Å²) in [6, 6.07) is 5.42. The standard InChI is InChI=1S/C10H12ClN3O2S/c11-9-17(15,16)14(6-2-4-12)8-10-3-1-5-13-7-10/h1,3,5,7H,2,6,8-9H2. The van der Waals surface area contributed by atoms with Crippen LogP contribution in [-0.2, 0) is 16.6 Å². The summed E-state index contributed by atoms with van der Waals surface area (Å²) in [5.74, 6) is 0. The molecule has 92 valence electrons. The molecule has 0 bridgehead atoms. The molecule has 0 radical (unpaired) electrons. The Labute approximate surface area is 106 Å². The zero-order valence-corrected chi connectivity index (χ0v) is 10.7. The number of halogens is 1. The second-order valence-corrected chi connectivity index (χ2v) is 5.88. The molecule has 0 saturated heterocycles. The van der Waals surface area contributed by atoms with Crippen LogP contribution in [0.15, 0.2) is 24.5 Å². The lowest BCUT2D eigenvalue weighted by Crippen LogP contribution is -2.32. The summed E-state index contributed by atoms with van der Waals surface area (Å²) >= 11 is 5.40. The van der Waals surface area contributed by atoms with Crippen molar-refractivity contribution >= 4 is 21.6 Å². The van der Waals surface area contributed by atoms with Gasteiger partial charge >= 0.3 is 0 Å². The third-order valence-corrected chi connectivity index (χ3v) is 4.29. The minimum absolute atomic E-state index is 0.135. The van der Waals surface area contributed by atoms with Gasteiger partial charge in [0.05, 0.1) is 6.07 Å². The number of alkyl halides is 1. The van der Waals surface area contributed by atoms with E-state index in [2.05, 4.69) is 4.98 Å². The van der Waals surface area contributed by atoms with Crippen LogP contribution < -0.4 is 0 Å². The van der Waals surface area contributed by atoms with Gasteiger partial charge in [0.1, 0.15) is 5.21 Å². The van der Waals surface area contributed by atoms with Gasteiger partial charge in [0.25, 0.3) is 0 Å². The Morgan fingerprint density at radius 2 is 2.29 bits per heavy atom. The molecule has 0 saturated carbocycles. The van der Waals surface area contributed by atoms with Crippen molar-refractivity contribution in [2.75, 3.05) is 11.8 Å². The monoisotopic (exact) mass is 273 g/mol. The molecule has 1 aromatic heterocycles. The maximum Gasteiger partial charge on any atom is 0.228 e. The molecule has 0 aliphatic rings. The normalized spacial score (nSPS) is 11.4. The minimum Gasteiger partial charge on any atom is -0.264 e. The molecule has 5 nitrogen and oxygen atoms in total. The Morgan fingerprint density at radius 1 is 1.53 bits per heavy atom. The number of aromatic nitrogens is 1. The van der Waals surface area contributed by atoms with Crippen LogP contribution in [0.25, 0.3) is 0 Å². The highest BCUT2D eigenvalue weighted by molar-refractivity contribution is 7.90. The molecule has 0 amide bonds. The van der Waals surface area contributed by atoms with E-state index < -0.39 is 15.2 Å². The van der Waals surface area contributed by atoms with Crippen LogP contribution in [0, 0.1) is 11.3 Å². The largest absolute Gasteiger partial charge is 0.264 e.